The molecule has 0 aliphatic carbocycles. The summed E-state index contributed by atoms with van der Waals surface area (Å²) in [6.45, 7) is 5.21. The second-order valence-electron chi connectivity index (χ2n) is 5.00. The van der Waals surface area contributed by atoms with Crippen LogP contribution in [0.3, 0.4) is 0 Å². The van der Waals surface area contributed by atoms with Crippen LogP contribution >= 0.6 is 0 Å². The molecule has 20 heavy (non-hydrogen) atoms. The number of carbonyl (C=O) groups excluding carboxylic acids is 2. The lowest BCUT2D eigenvalue weighted by Crippen LogP contribution is -2.17. The minimum atomic E-state index is -0.597. The maximum atomic E-state index is 11.4. The summed E-state index contributed by atoms with van der Waals surface area (Å²) in [6, 6.07) is 6.61. The Morgan fingerprint density at radius 1 is 1.00 bits per heavy atom. The molecule has 0 saturated carbocycles. The molecular weight excluding hydrogens is 260 g/mol. The molecule has 5 heteroatoms. The SMILES string of the molecule is COC(=O)c1ccc(C(C)(C)c2ccc(C(C)=O)o2)o1. The van der Waals surface area contributed by atoms with Gasteiger partial charge in [0.05, 0.1) is 12.5 Å². The molecule has 0 unspecified atom stereocenters. The fourth-order valence-corrected chi connectivity index (χ4v) is 1.87. The largest absolute Gasteiger partial charge is 0.463 e. The van der Waals surface area contributed by atoms with Gasteiger partial charge in [0.15, 0.2) is 11.5 Å². The van der Waals surface area contributed by atoms with Gasteiger partial charge in [0.1, 0.15) is 11.5 Å². The van der Waals surface area contributed by atoms with Gasteiger partial charge in [-0.1, -0.05) is 0 Å². The van der Waals surface area contributed by atoms with Gasteiger partial charge in [-0.2, -0.15) is 0 Å². The van der Waals surface area contributed by atoms with Gasteiger partial charge in [-0.05, 0) is 38.1 Å². The number of esters is 1. The Morgan fingerprint density at radius 3 is 1.95 bits per heavy atom. The van der Waals surface area contributed by atoms with Crippen molar-refractivity contribution in [1.82, 2.24) is 0 Å². The highest BCUT2D eigenvalue weighted by atomic mass is 16.5. The van der Waals surface area contributed by atoms with Crippen LogP contribution in [0.4, 0.5) is 0 Å². The third kappa shape index (κ3) is 2.39. The van der Waals surface area contributed by atoms with E-state index in [1.807, 2.05) is 13.8 Å². The maximum Gasteiger partial charge on any atom is 0.373 e. The number of carbonyl (C=O) groups is 2. The van der Waals surface area contributed by atoms with Crippen LogP contribution in [0.1, 0.15) is 53.4 Å². The Labute approximate surface area is 116 Å². The Kier molecular flexibility index (Phi) is 3.53. The smallest absolute Gasteiger partial charge is 0.373 e. The molecule has 0 aliphatic rings. The number of hydrogen-bond acceptors (Lipinski definition) is 5. The molecule has 0 aliphatic heterocycles. The topological polar surface area (TPSA) is 69.7 Å². The quantitative estimate of drug-likeness (QED) is 0.633. The molecule has 2 aromatic heterocycles. The van der Waals surface area contributed by atoms with E-state index in [9.17, 15) is 9.59 Å². The summed E-state index contributed by atoms with van der Waals surface area (Å²) in [6.07, 6.45) is 0. The Hall–Kier alpha value is -2.30. The van der Waals surface area contributed by atoms with Crippen LogP contribution in [0, 0.1) is 0 Å². The van der Waals surface area contributed by atoms with E-state index in [0.717, 1.165) is 0 Å². The normalized spacial score (nSPS) is 11.4. The zero-order chi connectivity index (χ0) is 14.9. The van der Waals surface area contributed by atoms with Crippen LogP contribution in [0.2, 0.25) is 0 Å². The molecule has 2 aromatic rings. The van der Waals surface area contributed by atoms with Crippen molar-refractivity contribution in [1.29, 1.82) is 0 Å². The molecule has 0 amide bonds. The summed E-state index contributed by atoms with van der Waals surface area (Å²) < 4.78 is 15.6. The first kappa shape index (κ1) is 14.1. The van der Waals surface area contributed by atoms with Crippen molar-refractivity contribution in [3.63, 3.8) is 0 Å². The molecule has 0 fully saturated rings. The van der Waals surface area contributed by atoms with Gasteiger partial charge in [-0.15, -0.1) is 0 Å². The molecule has 2 heterocycles. The third-order valence-corrected chi connectivity index (χ3v) is 3.18. The summed E-state index contributed by atoms with van der Waals surface area (Å²) >= 11 is 0. The second-order valence-corrected chi connectivity index (χ2v) is 5.00. The Bertz CT molecular complexity index is 645. The van der Waals surface area contributed by atoms with E-state index in [2.05, 4.69) is 4.74 Å². The zero-order valence-electron chi connectivity index (χ0n) is 11.9. The molecule has 0 spiro atoms. The van der Waals surface area contributed by atoms with E-state index in [-0.39, 0.29) is 11.5 Å². The van der Waals surface area contributed by atoms with Crippen LogP contribution in [-0.2, 0) is 10.2 Å². The summed E-state index contributed by atoms with van der Waals surface area (Å²) in [4.78, 5) is 22.7. The van der Waals surface area contributed by atoms with Crippen molar-refractivity contribution in [3.8, 4) is 0 Å². The molecule has 0 bridgehead atoms. The zero-order valence-corrected chi connectivity index (χ0v) is 11.9. The number of methoxy groups -OCH3 is 1. The fourth-order valence-electron chi connectivity index (χ4n) is 1.87. The highest BCUT2D eigenvalue weighted by molar-refractivity contribution is 5.91. The number of hydrogen-bond donors (Lipinski definition) is 0. The summed E-state index contributed by atoms with van der Waals surface area (Å²) in [5.41, 5.74) is -0.597. The first-order valence-corrected chi connectivity index (χ1v) is 6.16. The summed E-state index contributed by atoms with van der Waals surface area (Å²) in [5, 5.41) is 0. The lowest BCUT2D eigenvalue weighted by atomic mass is 9.87. The van der Waals surface area contributed by atoms with Gasteiger partial charge in [0, 0.05) is 6.92 Å². The van der Waals surface area contributed by atoms with E-state index >= 15 is 0 Å². The van der Waals surface area contributed by atoms with Gasteiger partial charge in [0.25, 0.3) is 0 Å². The fraction of sp³-hybridized carbons (Fsp3) is 0.333. The van der Waals surface area contributed by atoms with Crippen molar-refractivity contribution < 1.29 is 23.2 Å². The molecule has 2 rings (SSSR count). The van der Waals surface area contributed by atoms with Crippen LogP contribution < -0.4 is 0 Å². The number of ether oxygens (including phenoxy) is 1. The predicted molar refractivity (Wildman–Crippen MR) is 70.9 cm³/mol. The molecular formula is C15H16O5. The van der Waals surface area contributed by atoms with Crippen LogP contribution in [0.15, 0.2) is 33.1 Å². The van der Waals surface area contributed by atoms with E-state index in [1.165, 1.54) is 14.0 Å². The number of Topliss-reactive ketones (excluding diaryl/α,β-unsaturated/α-hetero) is 1. The van der Waals surface area contributed by atoms with Gasteiger partial charge < -0.3 is 13.6 Å². The number of ketones is 1. The minimum absolute atomic E-state index is 0.133. The van der Waals surface area contributed by atoms with Crippen molar-refractivity contribution in [2.24, 2.45) is 0 Å². The summed E-state index contributed by atoms with van der Waals surface area (Å²) in [7, 11) is 1.29. The molecule has 106 valence electrons. The van der Waals surface area contributed by atoms with Crippen LogP contribution in [-0.4, -0.2) is 18.9 Å². The lowest BCUT2D eigenvalue weighted by Gasteiger charge is -2.19. The maximum absolute atomic E-state index is 11.4. The van der Waals surface area contributed by atoms with Gasteiger partial charge in [0.2, 0.25) is 5.76 Å². The van der Waals surface area contributed by atoms with Crippen LogP contribution in [0.5, 0.6) is 0 Å². The molecule has 0 N–H and O–H groups in total. The number of rotatable bonds is 4. The first-order chi connectivity index (χ1) is 9.36. The van der Waals surface area contributed by atoms with E-state index in [1.54, 1.807) is 24.3 Å². The summed E-state index contributed by atoms with van der Waals surface area (Å²) in [5.74, 6) is 0.912. The standard InChI is InChI=1S/C15H16O5/c1-9(16)10-5-7-12(19-10)15(2,3)13-8-6-11(20-13)14(17)18-4/h5-8H,1-4H3. The first-order valence-electron chi connectivity index (χ1n) is 6.16. The van der Waals surface area contributed by atoms with Crippen molar-refractivity contribution in [2.75, 3.05) is 7.11 Å². The molecule has 5 nitrogen and oxygen atoms in total. The Morgan fingerprint density at radius 2 is 1.50 bits per heavy atom. The number of furan rings is 2. The van der Waals surface area contributed by atoms with Gasteiger partial charge >= 0.3 is 5.97 Å². The average Bonchev–Trinajstić information content (AvgIpc) is 3.06. The van der Waals surface area contributed by atoms with E-state index in [4.69, 9.17) is 8.83 Å². The van der Waals surface area contributed by atoms with Crippen molar-refractivity contribution in [3.05, 3.63) is 47.3 Å². The van der Waals surface area contributed by atoms with Gasteiger partial charge in [-0.25, -0.2) is 4.79 Å². The van der Waals surface area contributed by atoms with Gasteiger partial charge in [-0.3, -0.25) is 4.79 Å². The predicted octanol–water partition coefficient (Wildman–Crippen LogP) is 3.19. The highest BCUT2D eigenvalue weighted by Crippen LogP contribution is 2.34. The molecule has 0 saturated heterocycles. The lowest BCUT2D eigenvalue weighted by molar-refractivity contribution is 0.0561. The van der Waals surface area contributed by atoms with E-state index in [0.29, 0.717) is 17.3 Å². The molecule has 0 aromatic carbocycles. The third-order valence-electron chi connectivity index (χ3n) is 3.18. The monoisotopic (exact) mass is 276 g/mol. The van der Waals surface area contributed by atoms with Crippen molar-refractivity contribution in [2.45, 2.75) is 26.2 Å². The Balaban J connectivity index is 2.35. The second kappa shape index (κ2) is 5.00. The molecule has 0 atom stereocenters. The average molecular weight is 276 g/mol. The van der Waals surface area contributed by atoms with Crippen LogP contribution in [0.25, 0.3) is 0 Å². The molecule has 0 radical (unpaired) electrons. The van der Waals surface area contributed by atoms with Crippen molar-refractivity contribution >= 4 is 11.8 Å². The minimum Gasteiger partial charge on any atom is -0.463 e. The highest BCUT2D eigenvalue weighted by Gasteiger charge is 2.31. The van der Waals surface area contributed by atoms with E-state index < -0.39 is 11.4 Å².